The van der Waals surface area contributed by atoms with Crippen LogP contribution >= 0.6 is 11.8 Å². The SMILES string of the molecule is COc1ccccc1-c1nnc(SCC(=O)NC(=O)Nc2ccccc2F)n1C. The Morgan fingerprint density at radius 2 is 1.86 bits per heavy atom. The molecule has 0 spiro atoms. The van der Waals surface area contributed by atoms with E-state index in [4.69, 9.17) is 4.74 Å². The molecule has 0 fully saturated rings. The van der Waals surface area contributed by atoms with Crippen LogP contribution in [0.3, 0.4) is 0 Å². The number of para-hydroxylation sites is 2. The zero-order chi connectivity index (χ0) is 20.8. The highest BCUT2D eigenvalue weighted by Crippen LogP contribution is 2.29. The molecule has 3 rings (SSSR count). The normalized spacial score (nSPS) is 10.4. The lowest BCUT2D eigenvalue weighted by molar-refractivity contribution is -0.117. The third-order valence-electron chi connectivity index (χ3n) is 3.89. The molecule has 1 aromatic heterocycles. The molecule has 0 aliphatic rings. The fourth-order valence-corrected chi connectivity index (χ4v) is 3.22. The number of thioether (sulfide) groups is 1. The second-order valence-corrected chi connectivity index (χ2v) is 6.78. The number of aromatic nitrogens is 3. The number of nitrogens with zero attached hydrogens (tertiary/aromatic N) is 3. The van der Waals surface area contributed by atoms with Crippen LogP contribution in [0.4, 0.5) is 14.9 Å². The van der Waals surface area contributed by atoms with Gasteiger partial charge in [0.25, 0.3) is 0 Å². The Bertz CT molecular complexity index is 1040. The van der Waals surface area contributed by atoms with Gasteiger partial charge in [-0.3, -0.25) is 10.1 Å². The Balaban J connectivity index is 1.59. The van der Waals surface area contributed by atoms with E-state index in [0.717, 1.165) is 17.3 Å². The Morgan fingerprint density at radius 3 is 2.62 bits per heavy atom. The van der Waals surface area contributed by atoms with E-state index < -0.39 is 17.8 Å². The van der Waals surface area contributed by atoms with E-state index in [-0.39, 0.29) is 11.4 Å². The first kappa shape index (κ1) is 20.3. The van der Waals surface area contributed by atoms with Crippen LogP contribution in [-0.2, 0) is 11.8 Å². The second-order valence-electron chi connectivity index (χ2n) is 5.84. The summed E-state index contributed by atoms with van der Waals surface area (Å²) in [4.78, 5) is 23.9. The number of amides is 3. The quantitative estimate of drug-likeness (QED) is 0.601. The summed E-state index contributed by atoms with van der Waals surface area (Å²) in [7, 11) is 3.34. The molecule has 0 radical (unpaired) electrons. The van der Waals surface area contributed by atoms with Crippen molar-refractivity contribution in [2.24, 2.45) is 7.05 Å². The zero-order valence-electron chi connectivity index (χ0n) is 15.7. The summed E-state index contributed by atoms with van der Waals surface area (Å²) >= 11 is 1.12. The van der Waals surface area contributed by atoms with Gasteiger partial charge in [0, 0.05) is 7.05 Å². The van der Waals surface area contributed by atoms with Gasteiger partial charge in [-0.15, -0.1) is 10.2 Å². The minimum atomic E-state index is -0.812. The Hall–Kier alpha value is -3.40. The molecule has 0 saturated heterocycles. The second kappa shape index (κ2) is 9.20. The van der Waals surface area contributed by atoms with E-state index in [1.54, 1.807) is 24.8 Å². The van der Waals surface area contributed by atoms with Gasteiger partial charge in [0.2, 0.25) is 5.91 Å². The monoisotopic (exact) mass is 415 g/mol. The average Bonchev–Trinajstić information content (AvgIpc) is 3.08. The Morgan fingerprint density at radius 1 is 1.14 bits per heavy atom. The van der Waals surface area contributed by atoms with Gasteiger partial charge in [-0.2, -0.15) is 0 Å². The van der Waals surface area contributed by atoms with E-state index in [9.17, 15) is 14.0 Å². The number of nitrogens with one attached hydrogen (secondary N) is 2. The zero-order valence-corrected chi connectivity index (χ0v) is 16.5. The van der Waals surface area contributed by atoms with Crippen molar-refractivity contribution in [2.75, 3.05) is 18.2 Å². The van der Waals surface area contributed by atoms with Gasteiger partial charge in [0.15, 0.2) is 11.0 Å². The lowest BCUT2D eigenvalue weighted by Crippen LogP contribution is -2.35. The van der Waals surface area contributed by atoms with Crippen molar-refractivity contribution in [1.82, 2.24) is 20.1 Å². The predicted molar refractivity (Wildman–Crippen MR) is 107 cm³/mol. The molecule has 150 valence electrons. The first-order valence-corrected chi connectivity index (χ1v) is 9.49. The number of ether oxygens (including phenoxy) is 1. The summed E-state index contributed by atoms with van der Waals surface area (Å²) in [6.45, 7) is 0. The van der Waals surface area contributed by atoms with Crippen molar-refractivity contribution < 1.29 is 18.7 Å². The van der Waals surface area contributed by atoms with Gasteiger partial charge in [0.05, 0.1) is 24.1 Å². The topological polar surface area (TPSA) is 98.1 Å². The number of rotatable bonds is 6. The number of imide groups is 1. The van der Waals surface area contributed by atoms with Gasteiger partial charge >= 0.3 is 6.03 Å². The third kappa shape index (κ3) is 4.91. The fourth-order valence-electron chi connectivity index (χ4n) is 2.51. The third-order valence-corrected chi connectivity index (χ3v) is 4.91. The van der Waals surface area contributed by atoms with Crippen molar-refractivity contribution >= 4 is 29.4 Å². The number of halogens is 1. The van der Waals surface area contributed by atoms with E-state index >= 15 is 0 Å². The van der Waals surface area contributed by atoms with E-state index in [2.05, 4.69) is 20.8 Å². The van der Waals surface area contributed by atoms with Crippen molar-refractivity contribution in [2.45, 2.75) is 5.16 Å². The first-order valence-electron chi connectivity index (χ1n) is 8.50. The molecule has 8 nitrogen and oxygen atoms in total. The maximum atomic E-state index is 13.5. The molecule has 0 bridgehead atoms. The summed E-state index contributed by atoms with van der Waals surface area (Å²) < 4.78 is 20.6. The Kier molecular flexibility index (Phi) is 6.45. The van der Waals surface area contributed by atoms with Crippen molar-refractivity contribution in [3.8, 4) is 17.1 Å². The van der Waals surface area contributed by atoms with Gasteiger partial charge < -0.3 is 14.6 Å². The van der Waals surface area contributed by atoms with E-state index in [1.165, 1.54) is 18.2 Å². The molecule has 0 aliphatic carbocycles. The molecule has 0 unspecified atom stereocenters. The highest BCUT2D eigenvalue weighted by atomic mass is 32.2. The molecule has 10 heteroatoms. The maximum absolute atomic E-state index is 13.5. The lowest BCUT2D eigenvalue weighted by atomic mass is 10.2. The molecular weight excluding hydrogens is 397 g/mol. The fraction of sp³-hybridized carbons (Fsp3) is 0.158. The molecule has 2 aromatic carbocycles. The van der Waals surface area contributed by atoms with E-state index in [1.807, 2.05) is 24.3 Å². The number of methoxy groups -OCH3 is 1. The minimum Gasteiger partial charge on any atom is -0.496 e. The number of benzene rings is 2. The summed E-state index contributed by atoms with van der Waals surface area (Å²) in [6, 6.07) is 12.3. The van der Waals surface area contributed by atoms with Crippen LogP contribution in [0.5, 0.6) is 5.75 Å². The van der Waals surface area contributed by atoms with Gasteiger partial charge in [-0.25, -0.2) is 9.18 Å². The van der Waals surface area contributed by atoms with Crippen LogP contribution in [-0.4, -0.2) is 39.6 Å². The van der Waals surface area contributed by atoms with Crippen LogP contribution in [0, 0.1) is 5.82 Å². The summed E-state index contributed by atoms with van der Waals surface area (Å²) in [6.07, 6.45) is 0. The summed E-state index contributed by atoms with van der Waals surface area (Å²) in [5.74, 6) is 0.0330. The van der Waals surface area contributed by atoms with Gasteiger partial charge in [-0.05, 0) is 24.3 Å². The van der Waals surface area contributed by atoms with Crippen LogP contribution in [0.15, 0.2) is 53.7 Å². The number of anilines is 1. The van der Waals surface area contributed by atoms with Gasteiger partial charge in [-0.1, -0.05) is 36.0 Å². The van der Waals surface area contributed by atoms with Crippen molar-refractivity contribution in [3.63, 3.8) is 0 Å². The number of urea groups is 1. The molecule has 0 aliphatic heterocycles. The van der Waals surface area contributed by atoms with Gasteiger partial charge in [0.1, 0.15) is 11.6 Å². The smallest absolute Gasteiger partial charge is 0.325 e. The molecule has 29 heavy (non-hydrogen) atoms. The standard InChI is InChI=1S/C19H18FN5O3S/c1-25-17(12-7-3-6-10-15(12)28-2)23-24-19(25)29-11-16(26)22-18(27)21-14-9-5-4-8-13(14)20/h3-10H,11H2,1-2H3,(H2,21,22,26,27). The summed E-state index contributed by atoms with van der Waals surface area (Å²) in [5, 5.41) is 13.2. The Labute approximate surface area is 170 Å². The summed E-state index contributed by atoms with van der Waals surface area (Å²) in [5.41, 5.74) is 0.755. The molecule has 3 aromatic rings. The molecule has 1 heterocycles. The molecule has 2 N–H and O–H groups in total. The molecule has 0 atom stereocenters. The molecule has 3 amide bonds. The number of hydrogen-bond donors (Lipinski definition) is 2. The largest absolute Gasteiger partial charge is 0.496 e. The predicted octanol–water partition coefficient (Wildman–Crippen LogP) is 3.07. The minimum absolute atomic E-state index is 0.0137. The number of carbonyl (C=O) groups is 2. The highest BCUT2D eigenvalue weighted by molar-refractivity contribution is 7.99. The van der Waals surface area contributed by atoms with Crippen LogP contribution < -0.4 is 15.4 Å². The molecular formula is C19H18FN5O3S. The molecule has 0 saturated carbocycles. The first-order chi connectivity index (χ1) is 14.0. The number of carbonyl (C=O) groups excluding carboxylic acids is 2. The van der Waals surface area contributed by atoms with Crippen LogP contribution in [0.2, 0.25) is 0 Å². The highest BCUT2D eigenvalue weighted by Gasteiger charge is 2.17. The number of hydrogen-bond acceptors (Lipinski definition) is 6. The van der Waals surface area contributed by atoms with E-state index in [0.29, 0.717) is 16.7 Å². The average molecular weight is 415 g/mol. The maximum Gasteiger partial charge on any atom is 0.325 e. The van der Waals surface area contributed by atoms with Crippen molar-refractivity contribution in [1.29, 1.82) is 0 Å². The van der Waals surface area contributed by atoms with Crippen LogP contribution in [0.25, 0.3) is 11.4 Å². The van der Waals surface area contributed by atoms with Crippen LogP contribution in [0.1, 0.15) is 0 Å². The lowest BCUT2D eigenvalue weighted by Gasteiger charge is -2.08. The van der Waals surface area contributed by atoms with Crippen molar-refractivity contribution in [3.05, 3.63) is 54.3 Å².